The molecule has 7 nitrogen and oxygen atoms in total. The molecule has 0 aliphatic carbocycles. The second-order valence-electron chi connectivity index (χ2n) is 4.67. The van der Waals surface area contributed by atoms with Gasteiger partial charge in [0.05, 0.1) is 23.7 Å². The minimum absolute atomic E-state index is 0.194. The predicted molar refractivity (Wildman–Crippen MR) is 97.3 cm³/mol. The summed E-state index contributed by atoms with van der Waals surface area (Å²) in [5.74, 6) is 0.564. The van der Waals surface area contributed by atoms with Crippen LogP contribution in [0.4, 0.5) is 0 Å². The quantitative estimate of drug-likeness (QED) is 0.428. The van der Waals surface area contributed by atoms with Gasteiger partial charge in [-0.3, -0.25) is 4.79 Å². The Bertz CT molecular complexity index is 954. The van der Waals surface area contributed by atoms with Crippen molar-refractivity contribution in [2.24, 2.45) is 0 Å². The van der Waals surface area contributed by atoms with E-state index in [0.29, 0.717) is 17.0 Å². The lowest BCUT2D eigenvalue weighted by Gasteiger charge is -1.95. The molecule has 0 fully saturated rings. The summed E-state index contributed by atoms with van der Waals surface area (Å²) in [5, 5.41) is 1.93. The number of hydrogen-bond acceptors (Lipinski definition) is 5. The zero-order chi connectivity index (χ0) is 17.3. The fraction of sp³-hybridized carbons (Fsp3) is 0. The van der Waals surface area contributed by atoms with Crippen molar-refractivity contribution in [3.8, 4) is 10.7 Å². The molecule has 0 saturated heterocycles. The van der Waals surface area contributed by atoms with Crippen LogP contribution in [0.2, 0.25) is 0 Å². The normalized spacial score (nSPS) is 9.76. The van der Waals surface area contributed by atoms with Gasteiger partial charge in [-0.2, -0.15) is 0 Å². The largest absolute Gasteiger partial charge is 0.473 e. The number of rotatable bonds is 1. The van der Waals surface area contributed by atoms with E-state index in [4.69, 9.17) is 0 Å². The van der Waals surface area contributed by atoms with Crippen LogP contribution >= 0.6 is 11.3 Å². The second kappa shape index (κ2) is 8.46. The van der Waals surface area contributed by atoms with E-state index in [2.05, 4.69) is 29.3 Å². The molecular formula is C17H15N5O2S. The first-order valence-electron chi connectivity index (χ1n) is 7.37. The van der Waals surface area contributed by atoms with Crippen LogP contribution in [0.1, 0.15) is 0 Å². The van der Waals surface area contributed by atoms with E-state index in [0.717, 1.165) is 4.88 Å². The maximum Gasteiger partial charge on any atom is 0.277 e. The molecule has 5 rings (SSSR count). The molecule has 25 heavy (non-hydrogen) atoms. The fourth-order valence-corrected chi connectivity index (χ4v) is 2.55. The van der Waals surface area contributed by atoms with E-state index in [1.54, 1.807) is 12.5 Å². The van der Waals surface area contributed by atoms with Crippen LogP contribution in [0.15, 0.2) is 82.2 Å². The summed E-state index contributed by atoms with van der Waals surface area (Å²) < 4.78 is 4.58. The van der Waals surface area contributed by atoms with E-state index in [1.165, 1.54) is 17.7 Å². The molecule has 5 aromatic heterocycles. The van der Waals surface area contributed by atoms with E-state index < -0.39 is 0 Å². The first-order valence-corrected chi connectivity index (χ1v) is 8.25. The first-order chi connectivity index (χ1) is 12.3. The number of H-pyrrole nitrogens is 3. The van der Waals surface area contributed by atoms with Gasteiger partial charge in [0.15, 0.2) is 17.0 Å². The molecule has 0 atom stereocenters. The number of nitrogens with one attached hydrogen (secondary N) is 3. The van der Waals surface area contributed by atoms with Crippen LogP contribution in [-0.2, 0) is 0 Å². The zero-order valence-electron chi connectivity index (χ0n) is 13.0. The molecule has 3 N–H and O–H groups in total. The van der Waals surface area contributed by atoms with E-state index in [1.807, 2.05) is 54.2 Å². The van der Waals surface area contributed by atoms with Gasteiger partial charge in [0.25, 0.3) is 5.56 Å². The Labute approximate surface area is 146 Å². The Hall–Kier alpha value is -3.39. The van der Waals surface area contributed by atoms with Gasteiger partial charge in [0.1, 0.15) is 0 Å². The number of fused-ring (bicyclic) bond motifs is 1. The number of hydrogen-bond donors (Lipinski definition) is 3. The lowest BCUT2D eigenvalue weighted by molar-refractivity contribution is 0.567. The van der Waals surface area contributed by atoms with Gasteiger partial charge >= 0.3 is 0 Å². The molecule has 0 amide bonds. The Morgan fingerprint density at radius 2 is 1.84 bits per heavy atom. The third-order valence-electron chi connectivity index (χ3n) is 2.97. The molecule has 0 saturated carbocycles. The average Bonchev–Trinajstić information content (AvgIpc) is 3.48. The van der Waals surface area contributed by atoms with Crippen LogP contribution in [0.3, 0.4) is 0 Å². The maximum absolute atomic E-state index is 11.6. The fourth-order valence-electron chi connectivity index (χ4n) is 1.88. The summed E-state index contributed by atoms with van der Waals surface area (Å²) in [6, 6.07) is 11.4. The predicted octanol–water partition coefficient (Wildman–Crippen LogP) is 3.67. The monoisotopic (exact) mass is 353 g/mol. The molecule has 5 aromatic rings. The second-order valence-corrected chi connectivity index (χ2v) is 5.62. The smallest absolute Gasteiger partial charge is 0.277 e. The van der Waals surface area contributed by atoms with Crippen molar-refractivity contribution in [2.45, 2.75) is 0 Å². The van der Waals surface area contributed by atoms with E-state index in [9.17, 15) is 4.79 Å². The number of thiophene rings is 1. The van der Waals surface area contributed by atoms with Crippen LogP contribution < -0.4 is 5.56 Å². The molecular weight excluding hydrogens is 338 g/mol. The summed E-state index contributed by atoms with van der Waals surface area (Å²) >= 11 is 1.53. The summed E-state index contributed by atoms with van der Waals surface area (Å²) in [5.41, 5.74) is 0.665. The van der Waals surface area contributed by atoms with E-state index in [-0.39, 0.29) is 5.56 Å². The highest BCUT2D eigenvalue weighted by Crippen LogP contribution is 2.20. The number of nitrogens with zero attached hydrogens (tertiary/aromatic N) is 2. The standard InChI is InChI=1S/C9H6N4OS.C4H5N.C4H4O/c14-9-6-8(11-4-10-6)12-7(13-9)5-2-1-3-15-5;2*1-2-4-5-3-1/h1-4H,(H2,10,11,12,13,14);1-5H;1-4H. The Balaban J connectivity index is 0.000000148. The molecule has 0 unspecified atom stereocenters. The van der Waals surface area contributed by atoms with Gasteiger partial charge in [0, 0.05) is 12.4 Å². The number of aromatic amines is 3. The number of imidazole rings is 1. The minimum atomic E-state index is -0.194. The number of aromatic nitrogens is 5. The topological polar surface area (TPSA) is 103 Å². The van der Waals surface area contributed by atoms with Crippen LogP contribution in [0, 0.1) is 0 Å². The third-order valence-corrected chi connectivity index (χ3v) is 3.85. The van der Waals surface area contributed by atoms with Crippen molar-refractivity contribution in [2.75, 3.05) is 0 Å². The van der Waals surface area contributed by atoms with Crippen molar-refractivity contribution in [1.29, 1.82) is 0 Å². The van der Waals surface area contributed by atoms with Crippen molar-refractivity contribution in [1.82, 2.24) is 24.9 Å². The average molecular weight is 353 g/mol. The summed E-state index contributed by atoms with van der Waals surface area (Å²) in [4.78, 5) is 29.1. The van der Waals surface area contributed by atoms with Gasteiger partial charge in [-0.1, -0.05) is 6.07 Å². The summed E-state index contributed by atoms with van der Waals surface area (Å²) in [7, 11) is 0. The highest BCUT2D eigenvalue weighted by molar-refractivity contribution is 7.13. The summed E-state index contributed by atoms with van der Waals surface area (Å²) in [6.07, 6.45) is 8.46. The van der Waals surface area contributed by atoms with Crippen molar-refractivity contribution in [3.63, 3.8) is 0 Å². The van der Waals surface area contributed by atoms with Gasteiger partial charge in [-0.05, 0) is 35.7 Å². The van der Waals surface area contributed by atoms with E-state index >= 15 is 0 Å². The molecule has 0 aromatic carbocycles. The molecule has 0 aliphatic heterocycles. The van der Waals surface area contributed by atoms with Crippen molar-refractivity contribution < 1.29 is 4.42 Å². The lowest BCUT2D eigenvalue weighted by atomic mass is 10.4. The molecule has 0 spiro atoms. The highest BCUT2D eigenvalue weighted by atomic mass is 32.1. The Kier molecular flexibility index (Phi) is 5.57. The lowest BCUT2D eigenvalue weighted by Crippen LogP contribution is -2.08. The van der Waals surface area contributed by atoms with Gasteiger partial charge < -0.3 is 19.4 Å². The van der Waals surface area contributed by atoms with Gasteiger partial charge in [0.2, 0.25) is 0 Å². The van der Waals surface area contributed by atoms with Crippen molar-refractivity contribution >= 4 is 22.5 Å². The first kappa shape index (κ1) is 16.5. The molecule has 126 valence electrons. The molecule has 8 heteroatoms. The van der Waals surface area contributed by atoms with Crippen LogP contribution in [-0.4, -0.2) is 24.9 Å². The number of furan rings is 1. The minimum Gasteiger partial charge on any atom is -0.473 e. The Morgan fingerprint density at radius 1 is 1.04 bits per heavy atom. The molecule has 0 aliphatic rings. The summed E-state index contributed by atoms with van der Waals surface area (Å²) in [6.45, 7) is 0. The van der Waals surface area contributed by atoms with Crippen LogP contribution in [0.25, 0.3) is 21.9 Å². The Morgan fingerprint density at radius 3 is 2.40 bits per heavy atom. The SMILES string of the molecule is O=c1[nH]c(-c2cccs2)nc2nc[nH]c12.c1cc[nH]c1.c1ccoc1. The third kappa shape index (κ3) is 4.55. The van der Waals surface area contributed by atoms with Gasteiger partial charge in [-0.25, -0.2) is 9.97 Å². The molecule has 0 radical (unpaired) electrons. The highest BCUT2D eigenvalue weighted by Gasteiger charge is 2.07. The maximum atomic E-state index is 11.6. The van der Waals surface area contributed by atoms with Crippen molar-refractivity contribution in [3.05, 3.63) is 83.4 Å². The molecule has 0 bridgehead atoms. The molecule has 5 heterocycles. The zero-order valence-corrected chi connectivity index (χ0v) is 13.9. The van der Waals surface area contributed by atoms with Crippen LogP contribution in [0.5, 0.6) is 0 Å². The van der Waals surface area contributed by atoms with Gasteiger partial charge in [-0.15, -0.1) is 11.3 Å².